The lowest BCUT2D eigenvalue weighted by Crippen LogP contribution is -2.00. The summed E-state index contributed by atoms with van der Waals surface area (Å²) >= 11 is 3.59. The van der Waals surface area contributed by atoms with Crippen molar-refractivity contribution in [3.8, 4) is 45.3 Å². The lowest BCUT2D eigenvalue weighted by atomic mass is 10.00. The molecule has 4 heterocycles. The molecule has 11 aromatic rings. The number of para-hydroxylation sites is 2. The van der Waals surface area contributed by atoms with Gasteiger partial charge in [0.05, 0.1) is 0 Å². The molecule has 0 spiro atoms. The number of benzene rings is 7. The highest BCUT2D eigenvalue weighted by Gasteiger charge is 2.18. The monoisotopic (exact) mass is 687 g/mol. The van der Waals surface area contributed by atoms with Crippen LogP contribution in [-0.2, 0) is 0 Å². The Hall–Kier alpha value is -6.21. The molecule has 0 aliphatic heterocycles. The lowest BCUT2D eigenvalue weighted by molar-refractivity contribution is 0.670. The number of hydrogen-bond donors (Lipinski definition) is 0. The summed E-state index contributed by atoms with van der Waals surface area (Å²) in [5.74, 6) is 1.99. The van der Waals surface area contributed by atoms with Gasteiger partial charge >= 0.3 is 0 Å². The highest BCUT2D eigenvalue weighted by atomic mass is 32.1. The van der Waals surface area contributed by atoms with Gasteiger partial charge in [0, 0.05) is 73.4 Å². The van der Waals surface area contributed by atoms with Crippen LogP contribution in [-0.4, -0.2) is 15.0 Å². The van der Waals surface area contributed by atoms with Crippen molar-refractivity contribution >= 4 is 85.0 Å². The van der Waals surface area contributed by atoms with Crippen LogP contribution in [0.4, 0.5) is 0 Å². The van der Waals surface area contributed by atoms with E-state index in [-0.39, 0.29) is 0 Å². The predicted octanol–water partition coefficient (Wildman–Crippen LogP) is 13.2. The molecule has 0 saturated heterocycles. The molecular weight excluding hydrogens is 663 g/mol. The summed E-state index contributed by atoms with van der Waals surface area (Å²) in [6.45, 7) is 0. The van der Waals surface area contributed by atoms with Crippen molar-refractivity contribution in [3.05, 3.63) is 152 Å². The standard InChI is InChI=1S/C45H25N3OS2/c1-2-10-26(11-3-1)43-46-44(48-45(47-43)34-17-9-16-33-31-13-5-7-19-38(31)51-42(33)34)28-21-23-40-36(25-28)35-24-27(20-22-39(35)50-40)29-14-8-15-32-30-12-4-6-18-37(30)49-41(29)32/h1-25H. The molecule has 0 radical (unpaired) electrons. The Labute approximate surface area is 299 Å². The van der Waals surface area contributed by atoms with Gasteiger partial charge in [-0.2, -0.15) is 0 Å². The van der Waals surface area contributed by atoms with Crippen molar-refractivity contribution in [2.75, 3.05) is 0 Å². The Bertz CT molecular complexity index is 3160. The first-order valence-electron chi connectivity index (χ1n) is 16.8. The van der Waals surface area contributed by atoms with E-state index in [1.165, 1.54) is 40.3 Å². The van der Waals surface area contributed by atoms with Crippen LogP contribution in [0.2, 0.25) is 0 Å². The first-order chi connectivity index (χ1) is 25.2. The Morgan fingerprint density at radius 1 is 0.373 bits per heavy atom. The summed E-state index contributed by atoms with van der Waals surface area (Å²) in [5.41, 5.74) is 6.96. The minimum atomic E-state index is 0.654. The smallest absolute Gasteiger partial charge is 0.165 e. The summed E-state index contributed by atoms with van der Waals surface area (Å²) in [4.78, 5) is 15.4. The molecule has 11 rings (SSSR count). The van der Waals surface area contributed by atoms with Crippen LogP contribution in [0.5, 0.6) is 0 Å². The van der Waals surface area contributed by atoms with E-state index in [4.69, 9.17) is 19.4 Å². The molecule has 0 fully saturated rings. The molecule has 0 amide bonds. The van der Waals surface area contributed by atoms with E-state index >= 15 is 0 Å². The fourth-order valence-corrected chi connectivity index (χ4v) is 9.60. The third-order valence-electron chi connectivity index (χ3n) is 9.76. The fraction of sp³-hybridized carbons (Fsp3) is 0. The quantitative estimate of drug-likeness (QED) is 0.185. The topological polar surface area (TPSA) is 51.8 Å². The average molecular weight is 688 g/mol. The van der Waals surface area contributed by atoms with Gasteiger partial charge in [-0.05, 0) is 54.1 Å². The lowest BCUT2D eigenvalue weighted by Gasteiger charge is -2.09. The molecule has 51 heavy (non-hydrogen) atoms. The van der Waals surface area contributed by atoms with Gasteiger partial charge in [-0.1, -0.05) is 103 Å². The van der Waals surface area contributed by atoms with Crippen LogP contribution < -0.4 is 0 Å². The number of rotatable bonds is 4. The van der Waals surface area contributed by atoms with Crippen molar-refractivity contribution in [2.45, 2.75) is 0 Å². The normalized spacial score (nSPS) is 11.9. The van der Waals surface area contributed by atoms with E-state index in [2.05, 4.69) is 121 Å². The van der Waals surface area contributed by atoms with E-state index < -0.39 is 0 Å². The van der Waals surface area contributed by atoms with E-state index in [1.54, 1.807) is 22.7 Å². The minimum absolute atomic E-state index is 0.654. The van der Waals surface area contributed by atoms with Crippen LogP contribution in [0.1, 0.15) is 0 Å². The third kappa shape index (κ3) is 4.54. The first kappa shape index (κ1) is 28.6. The Kier molecular flexibility index (Phi) is 6.26. The van der Waals surface area contributed by atoms with Gasteiger partial charge in [-0.15, -0.1) is 22.7 Å². The molecule has 7 aromatic carbocycles. The van der Waals surface area contributed by atoms with Crippen LogP contribution in [0.3, 0.4) is 0 Å². The Balaban J connectivity index is 1.10. The molecule has 238 valence electrons. The Morgan fingerprint density at radius 3 is 1.82 bits per heavy atom. The second-order valence-corrected chi connectivity index (χ2v) is 14.9. The Morgan fingerprint density at radius 2 is 0.980 bits per heavy atom. The van der Waals surface area contributed by atoms with Gasteiger partial charge in [-0.3, -0.25) is 0 Å². The van der Waals surface area contributed by atoms with E-state index in [9.17, 15) is 0 Å². The zero-order chi connectivity index (χ0) is 33.5. The van der Waals surface area contributed by atoms with E-state index in [1.807, 2.05) is 30.3 Å². The van der Waals surface area contributed by atoms with Crippen LogP contribution in [0.15, 0.2) is 156 Å². The molecular formula is C45H25N3OS2. The van der Waals surface area contributed by atoms with E-state index in [0.717, 1.165) is 49.8 Å². The molecule has 4 aromatic heterocycles. The summed E-state index contributed by atoms with van der Waals surface area (Å²) in [7, 11) is 0. The van der Waals surface area contributed by atoms with Crippen molar-refractivity contribution in [3.63, 3.8) is 0 Å². The summed E-state index contributed by atoms with van der Waals surface area (Å²) in [6.07, 6.45) is 0. The van der Waals surface area contributed by atoms with Gasteiger partial charge in [-0.25, -0.2) is 15.0 Å². The molecule has 4 nitrogen and oxygen atoms in total. The van der Waals surface area contributed by atoms with Gasteiger partial charge in [0.15, 0.2) is 17.5 Å². The number of nitrogens with zero attached hydrogens (tertiary/aromatic N) is 3. The second-order valence-electron chi connectivity index (χ2n) is 12.8. The van der Waals surface area contributed by atoms with Crippen molar-refractivity contribution in [1.29, 1.82) is 0 Å². The highest BCUT2D eigenvalue weighted by molar-refractivity contribution is 7.26. The van der Waals surface area contributed by atoms with Gasteiger partial charge in [0.1, 0.15) is 11.2 Å². The number of fused-ring (bicyclic) bond motifs is 9. The average Bonchev–Trinajstić information content (AvgIpc) is 3.89. The SMILES string of the molecule is c1ccc(-c2nc(-c3ccc4sc5ccc(-c6cccc7c6oc6ccccc67)cc5c4c3)nc(-c3cccc4c3sc3ccccc34)n2)cc1. The molecule has 0 bridgehead atoms. The predicted molar refractivity (Wildman–Crippen MR) is 215 cm³/mol. The van der Waals surface area contributed by atoms with Crippen molar-refractivity contribution in [2.24, 2.45) is 0 Å². The maximum Gasteiger partial charge on any atom is 0.165 e. The van der Waals surface area contributed by atoms with Crippen LogP contribution in [0.25, 0.3) is 108 Å². The summed E-state index contributed by atoms with van der Waals surface area (Å²) in [5, 5.41) is 7.12. The first-order valence-corrected chi connectivity index (χ1v) is 18.5. The molecule has 0 N–H and O–H groups in total. The van der Waals surface area contributed by atoms with Crippen LogP contribution >= 0.6 is 22.7 Å². The second kappa shape index (κ2) is 11.2. The maximum atomic E-state index is 6.42. The molecule has 0 atom stereocenters. The zero-order valence-corrected chi connectivity index (χ0v) is 28.6. The van der Waals surface area contributed by atoms with Crippen molar-refractivity contribution < 1.29 is 4.42 Å². The largest absolute Gasteiger partial charge is 0.455 e. The van der Waals surface area contributed by atoms with Gasteiger partial charge in [0.25, 0.3) is 0 Å². The molecule has 0 aliphatic rings. The number of furan rings is 1. The molecule has 0 aliphatic carbocycles. The third-order valence-corrected chi connectivity index (χ3v) is 12.1. The molecule has 0 saturated carbocycles. The fourth-order valence-electron chi connectivity index (χ4n) is 7.32. The van der Waals surface area contributed by atoms with E-state index in [0.29, 0.717) is 17.5 Å². The number of hydrogen-bond acceptors (Lipinski definition) is 6. The minimum Gasteiger partial charge on any atom is -0.455 e. The summed E-state index contributed by atoms with van der Waals surface area (Å²) in [6, 6.07) is 53.2. The highest BCUT2D eigenvalue weighted by Crippen LogP contribution is 2.42. The zero-order valence-electron chi connectivity index (χ0n) is 27.0. The van der Waals surface area contributed by atoms with Gasteiger partial charge in [0.2, 0.25) is 0 Å². The molecule has 6 heteroatoms. The summed E-state index contributed by atoms with van der Waals surface area (Å²) < 4.78 is 11.3. The molecule has 0 unspecified atom stereocenters. The maximum absolute atomic E-state index is 6.42. The van der Waals surface area contributed by atoms with Gasteiger partial charge < -0.3 is 4.42 Å². The number of thiophene rings is 2. The number of aromatic nitrogens is 3. The van der Waals surface area contributed by atoms with Crippen molar-refractivity contribution in [1.82, 2.24) is 15.0 Å². The van der Waals surface area contributed by atoms with Crippen LogP contribution in [0, 0.1) is 0 Å².